The molecule has 156 valence electrons. The molecule has 4 aromatic rings. The average Bonchev–Trinajstić information content (AvgIpc) is 3.23. The SMILES string of the molecule is Cc1ccccc1Cn1nnc2cc(C(=O)N3CCN(c4ccccn4)CC3)ccc21. The predicted octanol–water partition coefficient (Wildman–Crippen LogP) is 3.15. The highest BCUT2D eigenvalue weighted by molar-refractivity contribution is 5.97. The van der Waals surface area contributed by atoms with Crippen LogP contribution < -0.4 is 4.90 Å². The van der Waals surface area contributed by atoms with Crippen molar-refractivity contribution in [2.45, 2.75) is 13.5 Å². The quantitative estimate of drug-likeness (QED) is 0.515. The van der Waals surface area contributed by atoms with E-state index in [2.05, 4.69) is 39.3 Å². The summed E-state index contributed by atoms with van der Waals surface area (Å²) in [5.41, 5.74) is 4.76. The first-order valence-electron chi connectivity index (χ1n) is 10.5. The Morgan fingerprint density at radius 2 is 1.77 bits per heavy atom. The molecule has 1 amide bonds. The second-order valence-corrected chi connectivity index (χ2v) is 7.84. The number of carbonyl (C=O) groups excluding carboxylic acids is 1. The summed E-state index contributed by atoms with van der Waals surface area (Å²) >= 11 is 0. The molecule has 1 aliphatic heterocycles. The lowest BCUT2D eigenvalue weighted by molar-refractivity contribution is 0.0746. The molecular weight excluding hydrogens is 388 g/mol. The molecule has 3 heterocycles. The van der Waals surface area contributed by atoms with E-state index < -0.39 is 0 Å². The Hall–Kier alpha value is -3.74. The molecule has 0 spiro atoms. The van der Waals surface area contributed by atoms with Crippen molar-refractivity contribution in [3.63, 3.8) is 0 Å². The van der Waals surface area contributed by atoms with Crippen LogP contribution in [0.1, 0.15) is 21.5 Å². The van der Waals surface area contributed by atoms with Crippen molar-refractivity contribution in [2.24, 2.45) is 0 Å². The van der Waals surface area contributed by atoms with Crippen molar-refractivity contribution >= 4 is 22.8 Å². The van der Waals surface area contributed by atoms with E-state index in [0.29, 0.717) is 25.2 Å². The Balaban J connectivity index is 1.30. The van der Waals surface area contributed by atoms with Gasteiger partial charge in [0.15, 0.2) is 0 Å². The molecule has 7 nitrogen and oxygen atoms in total. The summed E-state index contributed by atoms with van der Waals surface area (Å²) in [6, 6.07) is 19.9. The Morgan fingerprint density at radius 3 is 2.55 bits per heavy atom. The number of benzene rings is 2. The van der Waals surface area contributed by atoms with E-state index in [4.69, 9.17) is 0 Å². The normalized spacial score (nSPS) is 14.2. The smallest absolute Gasteiger partial charge is 0.254 e. The number of pyridine rings is 1. The van der Waals surface area contributed by atoms with Crippen LogP contribution in [0, 0.1) is 6.92 Å². The highest BCUT2D eigenvalue weighted by Crippen LogP contribution is 2.19. The number of anilines is 1. The van der Waals surface area contributed by atoms with Crippen molar-refractivity contribution < 1.29 is 4.79 Å². The van der Waals surface area contributed by atoms with Crippen LogP contribution in [0.2, 0.25) is 0 Å². The van der Waals surface area contributed by atoms with E-state index >= 15 is 0 Å². The van der Waals surface area contributed by atoms with Crippen molar-refractivity contribution in [3.8, 4) is 0 Å². The molecule has 2 aromatic carbocycles. The molecule has 2 aromatic heterocycles. The maximum absolute atomic E-state index is 13.1. The fourth-order valence-corrected chi connectivity index (χ4v) is 4.03. The largest absolute Gasteiger partial charge is 0.353 e. The maximum Gasteiger partial charge on any atom is 0.254 e. The van der Waals surface area contributed by atoms with Crippen LogP contribution in [0.25, 0.3) is 11.0 Å². The number of hydrogen-bond acceptors (Lipinski definition) is 5. The molecule has 0 saturated carbocycles. The number of nitrogens with zero attached hydrogens (tertiary/aromatic N) is 6. The number of rotatable bonds is 4. The van der Waals surface area contributed by atoms with Gasteiger partial charge in [-0.15, -0.1) is 5.10 Å². The number of carbonyl (C=O) groups is 1. The molecule has 0 radical (unpaired) electrons. The molecule has 0 atom stereocenters. The van der Waals surface area contributed by atoms with Gasteiger partial charge in [0.05, 0.1) is 12.1 Å². The lowest BCUT2D eigenvalue weighted by Crippen LogP contribution is -2.49. The Labute approximate surface area is 180 Å². The molecule has 7 heteroatoms. The van der Waals surface area contributed by atoms with Crippen molar-refractivity contribution in [1.29, 1.82) is 0 Å². The number of hydrogen-bond donors (Lipinski definition) is 0. The number of amides is 1. The van der Waals surface area contributed by atoms with Gasteiger partial charge in [-0.2, -0.15) is 0 Å². The Bertz CT molecular complexity index is 1210. The maximum atomic E-state index is 13.1. The van der Waals surface area contributed by atoms with Gasteiger partial charge in [-0.3, -0.25) is 4.79 Å². The first-order chi connectivity index (χ1) is 15.2. The standard InChI is InChI=1S/C24H24N6O/c1-18-6-2-3-7-20(18)17-30-22-10-9-19(16-21(22)26-27-30)24(31)29-14-12-28(13-15-29)23-8-4-5-11-25-23/h2-11,16H,12-15,17H2,1H3. The number of piperazine rings is 1. The van der Waals surface area contributed by atoms with Crippen LogP contribution in [-0.4, -0.2) is 57.0 Å². The third-order valence-electron chi connectivity index (χ3n) is 5.88. The second kappa shape index (κ2) is 8.18. The van der Waals surface area contributed by atoms with Gasteiger partial charge >= 0.3 is 0 Å². The summed E-state index contributed by atoms with van der Waals surface area (Å²) in [5.74, 6) is 0.998. The number of aromatic nitrogens is 4. The highest BCUT2D eigenvalue weighted by atomic mass is 16.2. The Morgan fingerprint density at radius 1 is 0.968 bits per heavy atom. The molecule has 0 unspecified atom stereocenters. The minimum Gasteiger partial charge on any atom is -0.353 e. The molecule has 0 bridgehead atoms. The fraction of sp³-hybridized carbons (Fsp3) is 0.250. The van der Waals surface area contributed by atoms with Gasteiger partial charge in [-0.05, 0) is 48.4 Å². The zero-order valence-electron chi connectivity index (χ0n) is 17.5. The minimum atomic E-state index is 0.0380. The molecular formula is C24H24N6O. The van der Waals surface area contributed by atoms with Crippen LogP contribution in [0.3, 0.4) is 0 Å². The van der Waals surface area contributed by atoms with E-state index in [0.717, 1.165) is 29.9 Å². The molecule has 5 rings (SSSR count). The lowest BCUT2D eigenvalue weighted by atomic mass is 10.1. The van der Waals surface area contributed by atoms with Crippen molar-refractivity contribution in [2.75, 3.05) is 31.1 Å². The molecule has 0 aliphatic carbocycles. The van der Waals surface area contributed by atoms with Gasteiger partial charge in [0.25, 0.3) is 5.91 Å². The second-order valence-electron chi connectivity index (χ2n) is 7.84. The average molecular weight is 412 g/mol. The summed E-state index contributed by atoms with van der Waals surface area (Å²) in [6.45, 7) is 5.65. The van der Waals surface area contributed by atoms with Gasteiger partial charge in [-0.1, -0.05) is 35.5 Å². The van der Waals surface area contributed by atoms with E-state index in [1.54, 1.807) is 6.20 Å². The predicted molar refractivity (Wildman–Crippen MR) is 120 cm³/mol. The summed E-state index contributed by atoms with van der Waals surface area (Å²) in [5, 5.41) is 8.63. The molecule has 1 saturated heterocycles. The van der Waals surface area contributed by atoms with Gasteiger partial charge in [0, 0.05) is 37.9 Å². The van der Waals surface area contributed by atoms with Crippen LogP contribution in [0.4, 0.5) is 5.82 Å². The third kappa shape index (κ3) is 3.86. The zero-order valence-corrected chi connectivity index (χ0v) is 17.5. The van der Waals surface area contributed by atoms with Crippen LogP contribution >= 0.6 is 0 Å². The van der Waals surface area contributed by atoms with Crippen molar-refractivity contribution in [3.05, 3.63) is 83.6 Å². The molecule has 31 heavy (non-hydrogen) atoms. The minimum absolute atomic E-state index is 0.0380. The summed E-state index contributed by atoms with van der Waals surface area (Å²) in [7, 11) is 0. The van der Waals surface area contributed by atoms with Gasteiger partial charge in [0.1, 0.15) is 11.3 Å². The summed E-state index contributed by atoms with van der Waals surface area (Å²) in [4.78, 5) is 21.6. The summed E-state index contributed by atoms with van der Waals surface area (Å²) < 4.78 is 1.89. The fourth-order valence-electron chi connectivity index (χ4n) is 4.03. The Kier molecular flexibility index (Phi) is 5.08. The van der Waals surface area contributed by atoms with Gasteiger partial charge in [-0.25, -0.2) is 9.67 Å². The van der Waals surface area contributed by atoms with E-state index in [9.17, 15) is 4.79 Å². The van der Waals surface area contributed by atoms with Crippen molar-refractivity contribution in [1.82, 2.24) is 24.9 Å². The van der Waals surface area contributed by atoms with Crippen LogP contribution in [-0.2, 0) is 6.54 Å². The molecule has 1 fully saturated rings. The highest BCUT2D eigenvalue weighted by Gasteiger charge is 2.23. The lowest BCUT2D eigenvalue weighted by Gasteiger charge is -2.35. The third-order valence-corrected chi connectivity index (χ3v) is 5.88. The first-order valence-corrected chi connectivity index (χ1v) is 10.5. The van der Waals surface area contributed by atoms with E-state index in [-0.39, 0.29) is 5.91 Å². The summed E-state index contributed by atoms with van der Waals surface area (Å²) in [6.07, 6.45) is 1.80. The van der Waals surface area contributed by atoms with E-state index in [1.807, 2.05) is 58.1 Å². The van der Waals surface area contributed by atoms with Crippen LogP contribution in [0.5, 0.6) is 0 Å². The van der Waals surface area contributed by atoms with Crippen LogP contribution in [0.15, 0.2) is 66.9 Å². The zero-order chi connectivity index (χ0) is 21.2. The molecule has 0 N–H and O–H groups in total. The van der Waals surface area contributed by atoms with Gasteiger partial charge < -0.3 is 9.80 Å². The first kappa shape index (κ1) is 19.2. The number of fused-ring (bicyclic) bond motifs is 1. The van der Waals surface area contributed by atoms with E-state index in [1.165, 1.54) is 11.1 Å². The number of aryl methyl sites for hydroxylation is 1. The molecule has 1 aliphatic rings. The topological polar surface area (TPSA) is 67.2 Å². The monoisotopic (exact) mass is 412 g/mol. The van der Waals surface area contributed by atoms with Gasteiger partial charge in [0.2, 0.25) is 0 Å².